The fourth-order valence-corrected chi connectivity index (χ4v) is 2.11. The van der Waals surface area contributed by atoms with Gasteiger partial charge in [-0.25, -0.2) is 0 Å². The third kappa shape index (κ3) is 1.82. The van der Waals surface area contributed by atoms with Crippen LogP contribution in [0.5, 0.6) is 5.75 Å². The van der Waals surface area contributed by atoms with E-state index in [0.29, 0.717) is 0 Å². The van der Waals surface area contributed by atoms with Crippen molar-refractivity contribution in [2.24, 2.45) is 0 Å². The summed E-state index contributed by atoms with van der Waals surface area (Å²) in [5.74, 6) is 1.01. The number of rotatable bonds is 2. The lowest BCUT2D eigenvalue weighted by Gasteiger charge is -2.13. The van der Waals surface area contributed by atoms with Gasteiger partial charge < -0.3 is 4.74 Å². The monoisotopic (exact) mass is 200 g/mol. The predicted octanol–water partition coefficient (Wildman–Crippen LogP) is 3.66. The molecule has 0 atom stereocenters. The van der Waals surface area contributed by atoms with Crippen molar-refractivity contribution in [3.8, 4) is 5.75 Å². The molecule has 1 aliphatic rings. The topological polar surface area (TPSA) is 9.23 Å². The number of aryl methyl sites for hydroxylation is 2. The summed E-state index contributed by atoms with van der Waals surface area (Å²) in [4.78, 5) is 0. The third-order valence-electron chi connectivity index (χ3n) is 2.74. The molecule has 1 aromatic carbocycles. The molecule has 0 heterocycles. The van der Waals surface area contributed by atoms with Crippen LogP contribution in [0.15, 0.2) is 30.4 Å². The third-order valence-corrected chi connectivity index (χ3v) is 2.74. The van der Waals surface area contributed by atoms with Crippen molar-refractivity contribution in [2.75, 3.05) is 7.11 Å². The molecule has 1 nitrogen and oxygen atoms in total. The van der Waals surface area contributed by atoms with Gasteiger partial charge in [0.05, 0.1) is 7.11 Å². The molecule has 0 amide bonds. The van der Waals surface area contributed by atoms with Gasteiger partial charge in [0, 0.05) is 5.56 Å². The molecule has 0 unspecified atom stereocenters. The summed E-state index contributed by atoms with van der Waals surface area (Å²) in [5.41, 5.74) is 5.08. The first-order valence-electron chi connectivity index (χ1n) is 5.23. The molecule has 0 spiro atoms. The van der Waals surface area contributed by atoms with Crippen LogP contribution >= 0.6 is 0 Å². The molecular formula is C14H16O. The van der Waals surface area contributed by atoms with E-state index in [2.05, 4.69) is 44.2 Å². The molecule has 1 heteroatoms. The van der Waals surface area contributed by atoms with E-state index < -0.39 is 0 Å². The molecule has 0 bridgehead atoms. The van der Waals surface area contributed by atoms with Gasteiger partial charge in [-0.15, -0.1) is 0 Å². The van der Waals surface area contributed by atoms with Gasteiger partial charge in [-0.2, -0.15) is 0 Å². The molecule has 0 aromatic heterocycles. The Kier molecular flexibility index (Phi) is 2.63. The summed E-state index contributed by atoms with van der Waals surface area (Å²) in [7, 11) is 1.74. The van der Waals surface area contributed by atoms with Gasteiger partial charge >= 0.3 is 0 Å². The second-order valence-corrected chi connectivity index (χ2v) is 3.99. The molecule has 0 radical (unpaired) electrons. The highest BCUT2D eigenvalue weighted by Crippen LogP contribution is 2.34. The molecule has 1 aromatic rings. The van der Waals surface area contributed by atoms with Crippen molar-refractivity contribution in [1.82, 2.24) is 0 Å². The first kappa shape index (κ1) is 10.0. The highest BCUT2D eigenvalue weighted by Gasteiger charge is 2.12. The van der Waals surface area contributed by atoms with Crippen molar-refractivity contribution < 1.29 is 4.74 Å². The molecular weight excluding hydrogens is 184 g/mol. The van der Waals surface area contributed by atoms with Crippen LogP contribution in [-0.2, 0) is 0 Å². The zero-order chi connectivity index (χ0) is 10.8. The summed E-state index contributed by atoms with van der Waals surface area (Å²) in [6, 6.07) is 4.36. The lowest BCUT2D eigenvalue weighted by Crippen LogP contribution is -1.95. The van der Waals surface area contributed by atoms with E-state index in [4.69, 9.17) is 4.74 Å². The molecule has 0 N–H and O–H groups in total. The average molecular weight is 200 g/mol. The highest BCUT2D eigenvalue weighted by molar-refractivity contribution is 5.76. The first-order chi connectivity index (χ1) is 7.22. The van der Waals surface area contributed by atoms with Crippen molar-refractivity contribution in [3.63, 3.8) is 0 Å². The van der Waals surface area contributed by atoms with Gasteiger partial charge in [0.2, 0.25) is 0 Å². The normalized spacial score (nSPS) is 14.2. The maximum atomic E-state index is 5.47. The van der Waals surface area contributed by atoms with Crippen LogP contribution in [0, 0.1) is 13.8 Å². The lowest BCUT2D eigenvalue weighted by molar-refractivity contribution is 0.410. The van der Waals surface area contributed by atoms with Crippen molar-refractivity contribution in [2.45, 2.75) is 20.3 Å². The summed E-state index contributed by atoms with van der Waals surface area (Å²) in [6.45, 7) is 4.22. The van der Waals surface area contributed by atoms with Gasteiger partial charge in [-0.05, 0) is 43.0 Å². The smallest absolute Gasteiger partial charge is 0.129 e. The summed E-state index contributed by atoms with van der Waals surface area (Å²) < 4.78 is 5.47. The largest absolute Gasteiger partial charge is 0.496 e. The second-order valence-electron chi connectivity index (χ2n) is 3.99. The van der Waals surface area contributed by atoms with Crippen LogP contribution in [0.3, 0.4) is 0 Å². The number of allylic oxidation sites excluding steroid dienone is 4. The Hall–Kier alpha value is -1.50. The van der Waals surface area contributed by atoms with E-state index in [0.717, 1.165) is 12.2 Å². The van der Waals surface area contributed by atoms with Gasteiger partial charge in [-0.1, -0.05) is 24.3 Å². The number of methoxy groups -OCH3 is 1. The average Bonchev–Trinajstić information content (AvgIpc) is 2.69. The van der Waals surface area contributed by atoms with Gasteiger partial charge in [-0.3, -0.25) is 0 Å². The van der Waals surface area contributed by atoms with Crippen LogP contribution in [0.2, 0.25) is 0 Å². The quantitative estimate of drug-likeness (QED) is 0.708. The minimum Gasteiger partial charge on any atom is -0.496 e. The Morgan fingerprint density at radius 3 is 2.60 bits per heavy atom. The van der Waals surface area contributed by atoms with E-state index in [-0.39, 0.29) is 0 Å². The standard InChI is InChI=1S/C14H16O/c1-10-8-11(2)14(15-3)13(9-10)12-6-4-5-7-12/h4-6,8-9H,7H2,1-3H3. The van der Waals surface area contributed by atoms with Crippen LogP contribution in [0.1, 0.15) is 23.1 Å². The fraction of sp³-hybridized carbons (Fsp3) is 0.286. The number of hydrogen-bond acceptors (Lipinski definition) is 1. The van der Waals surface area contributed by atoms with Gasteiger partial charge in [0.15, 0.2) is 0 Å². The molecule has 0 saturated heterocycles. The second kappa shape index (κ2) is 3.93. The van der Waals surface area contributed by atoms with Crippen LogP contribution in [0.25, 0.3) is 5.57 Å². The molecule has 78 valence electrons. The SMILES string of the molecule is COc1c(C)cc(C)cc1C1=CC=CC1. The molecule has 0 aliphatic heterocycles. The molecule has 15 heavy (non-hydrogen) atoms. The maximum Gasteiger partial charge on any atom is 0.129 e. The number of benzene rings is 1. The van der Waals surface area contributed by atoms with Gasteiger partial charge in [0.1, 0.15) is 5.75 Å². The number of hydrogen-bond donors (Lipinski definition) is 0. The summed E-state index contributed by atoms with van der Waals surface area (Å²) in [6.07, 6.45) is 7.45. The first-order valence-corrected chi connectivity index (χ1v) is 5.23. The minimum atomic E-state index is 1.01. The Morgan fingerprint density at radius 1 is 1.20 bits per heavy atom. The fourth-order valence-electron chi connectivity index (χ4n) is 2.11. The van der Waals surface area contributed by atoms with E-state index in [9.17, 15) is 0 Å². The van der Waals surface area contributed by atoms with Gasteiger partial charge in [0.25, 0.3) is 0 Å². The number of ether oxygens (including phenoxy) is 1. The van der Waals surface area contributed by atoms with Crippen molar-refractivity contribution in [1.29, 1.82) is 0 Å². The van der Waals surface area contributed by atoms with Crippen LogP contribution in [-0.4, -0.2) is 7.11 Å². The zero-order valence-electron chi connectivity index (χ0n) is 9.50. The molecule has 0 fully saturated rings. The van der Waals surface area contributed by atoms with Crippen molar-refractivity contribution in [3.05, 3.63) is 47.1 Å². The zero-order valence-corrected chi connectivity index (χ0v) is 9.50. The maximum absolute atomic E-state index is 5.47. The Bertz CT molecular complexity index is 439. The van der Waals surface area contributed by atoms with Crippen LogP contribution in [0.4, 0.5) is 0 Å². The molecule has 1 aliphatic carbocycles. The Balaban J connectivity index is 2.53. The van der Waals surface area contributed by atoms with Crippen LogP contribution < -0.4 is 4.74 Å². The minimum absolute atomic E-state index is 1.01. The van der Waals surface area contributed by atoms with E-state index >= 15 is 0 Å². The lowest BCUT2D eigenvalue weighted by atomic mass is 9.98. The van der Waals surface area contributed by atoms with E-state index in [1.807, 2.05) is 0 Å². The Morgan fingerprint density at radius 2 is 2.00 bits per heavy atom. The van der Waals surface area contributed by atoms with E-state index in [1.165, 1.54) is 22.3 Å². The molecule has 2 rings (SSSR count). The summed E-state index contributed by atoms with van der Waals surface area (Å²) >= 11 is 0. The summed E-state index contributed by atoms with van der Waals surface area (Å²) in [5, 5.41) is 0. The molecule has 0 saturated carbocycles. The van der Waals surface area contributed by atoms with Crippen molar-refractivity contribution >= 4 is 5.57 Å². The highest BCUT2D eigenvalue weighted by atomic mass is 16.5. The Labute approximate surface area is 91.1 Å². The van der Waals surface area contributed by atoms with E-state index in [1.54, 1.807) is 7.11 Å². The predicted molar refractivity (Wildman–Crippen MR) is 64.2 cm³/mol.